The fourth-order valence-electron chi connectivity index (χ4n) is 1.50. The molecule has 0 saturated carbocycles. The zero-order valence-corrected chi connectivity index (χ0v) is 10.5. The van der Waals surface area contributed by atoms with Crippen LogP contribution in [-0.4, -0.2) is 27.9 Å². The number of nitrogens with zero attached hydrogens (tertiary/aromatic N) is 1. The van der Waals surface area contributed by atoms with Crippen LogP contribution in [0.3, 0.4) is 0 Å². The molecular formula is C11H13F3N2O4. The van der Waals surface area contributed by atoms with Crippen LogP contribution in [0, 0.1) is 0 Å². The summed E-state index contributed by atoms with van der Waals surface area (Å²) in [5.41, 5.74) is -2.78. The highest BCUT2D eigenvalue weighted by Gasteiger charge is 2.35. The van der Waals surface area contributed by atoms with Crippen LogP contribution in [0.2, 0.25) is 0 Å². The van der Waals surface area contributed by atoms with E-state index >= 15 is 0 Å². The molecule has 0 spiro atoms. The smallest absolute Gasteiger partial charge is 0.421 e. The van der Waals surface area contributed by atoms with Crippen molar-refractivity contribution in [2.24, 2.45) is 0 Å². The van der Waals surface area contributed by atoms with Crippen LogP contribution in [0.25, 0.3) is 0 Å². The van der Waals surface area contributed by atoms with Gasteiger partial charge < -0.3 is 9.84 Å². The molecule has 0 aliphatic rings. The van der Waals surface area contributed by atoms with E-state index in [0.717, 1.165) is 0 Å². The van der Waals surface area contributed by atoms with Gasteiger partial charge in [0.15, 0.2) is 0 Å². The highest BCUT2D eigenvalue weighted by molar-refractivity contribution is 5.66. The minimum atomic E-state index is -4.79. The summed E-state index contributed by atoms with van der Waals surface area (Å²) in [6.07, 6.45) is -5.58. The number of carboxylic acids is 1. The lowest BCUT2D eigenvalue weighted by atomic mass is 10.1. The Morgan fingerprint density at radius 1 is 1.55 bits per heavy atom. The monoisotopic (exact) mass is 294 g/mol. The number of ether oxygens (including phenoxy) is 1. The lowest BCUT2D eigenvalue weighted by Crippen LogP contribution is -2.24. The summed E-state index contributed by atoms with van der Waals surface area (Å²) in [6, 6.07) is 0.619. The van der Waals surface area contributed by atoms with Crippen LogP contribution in [-0.2, 0) is 15.7 Å². The molecule has 0 radical (unpaired) electrons. The summed E-state index contributed by atoms with van der Waals surface area (Å²) >= 11 is 0. The van der Waals surface area contributed by atoms with E-state index < -0.39 is 29.4 Å². The first-order valence-electron chi connectivity index (χ1n) is 5.76. The molecule has 2 N–H and O–H groups in total. The van der Waals surface area contributed by atoms with Gasteiger partial charge in [0.1, 0.15) is 11.7 Å². The standard InChI is InChI=1S/C11H13F3N2O4/c1-2-8(20-4-3-9(17)18)7-5-6(11(12,13)14)10(19)16-15-7/h5,8H,2-4H2,1H3,(H,16,19)(H,17,18). The number of aromatic amines is 1. The molecule has 0 aliphatic heterocycles. The van der Waals surface area contributed by atoms with Gasteiger partial charge in [-0.25, -0.2) is 5.10 Å². The number of aromatic nitrogens is 2. The molecule has 6 nitrogen and oxygen atoms in total. The van der Waals surface area contributed by atoms with Crippen LogP contribution in [0.15, 0.2) is 10.9 Å². The first-order valence-corrected chi connectivity index (χ1v) is 5.76. The van der Waals surface area contributed by atoms with Crippen LogP contribution in [0.4, 0.5) is 13.2 Å². The minimum absolute atomic E-state index is 0.0928. The Morgan fingerprint density at radius 3 is 2.70 bits per heavy atom. The second kappa shape index (κ2) is 6.51. The Labute approximate surface area is 111 Å². The summed E-state index contributed by atoms with van der Waals surface area (Å²) in [4.78, 5) is 21.4. The summed E-state index contributed by atoms with van der Waals surface area (Å²) in [5, 5.41) is 13.7. The Balaban J connectivity index is 2.93. The highest BCUT2D eigenvalue weighted by atomic mass is 19.4. The maximum Gasteiger partial charge on any atom is 0.421 e. The van der Waals surface area contributed by atoms with E-state index in [9.17, 15) is 22.8 Å². The minimum Gasteiger partial charge on any atom is -0.481 e. The van der Waals surface area contributed by atoms with Gasteiger partial charge in [0.25, 0.3) is 5.56 Å². The van der Waals surface area contributed by atoms with E-state index in [1.165, 1.54) is 0 Å². The van der Waals surface area contributed by atoms with E-state index in [1.807, 2.05) is 0 Å². The van der Waals surface area contributed by atoms with Gasteiger partial charge in [0, 0.05) is 0 Å². The summed E-state index contributed by atoms with van der Waals surface area (Å²) in [6.45, 7) is 1.49. The molecule has 1 unspecified atom stereocenters. The number of carboxylic acid groups (broad SMARTS) is 1. The molecule has 1 aromatic heterocycles. The third-order valence-electron chi connectivity index (χ3n) is 2.46. The highest BCUT2D eigenvalue weighted by Crippen LogP contribution is 2.28. The maximum absolute atomic E-state index is 12.6. The summed E-state index contributed by atoms with van der Waals surface area (Å²) in [7, 11) is 0. The molecule has 0 saturated heterocycles. The van der Waals surface area contributed by atoms with Crippen LogP contribution in [0.1, 0.15) is 37.1 Å². The van der Waals surface area contributed by atoms with Crippen LogP contribution < -0.4 is 5.56 Å². The van der Waals surface area contributed by atoms with Gasteiger partial charge in [-0.15, -0.1) is 0 Å². The SMILES string of the molecule is CCC(OCCC(=O)O)c1cc(C(F)(F)F)c(=O)[nH]n1. The predicted molar refractivity (Wildman–Crippen MR) is 61.1 cm³/mol. The van der Waals surface area contributed by atoms with Crippen molar-refractivity contribution in [2.45, 2.75) is 32.0 Å². The van der Waals surface area contributed by atoms with E-state index in [4.69, 9.17) is 9.84 Å². The Morgan fingerprint density at radius 2 is 2.20 bits per heavy atom. The third kappa shape index (κ3) is 4.34. The number of rotatable bonds is 6. The van der Waals surface area contributed by atoms with Crippen LogP contribution >= 0.6 is 0 Å². The number of hydrogen-bond donors (Lipinski definition) is 2. The second-order valence-electron chi connectivity index (χ2n) is 3.94. The van der Waals surface area contributed by atoms with Crippen molar-refractivity contribution in [3.8, 4) is 0 Å². The van der Waals surface area contributed by atoms with E-state index in [-0.39, 0.29) is 25.1 Å². The Kier molecular flexibility index (Phi) is 5.26. The lowest BCUT2D eigenvalue weighted by molar-refractivity contribution is -0.139. The average molecular weight is 294 g/mol. The molecule has 0 fully saturated rings. The zero-order valence-electron chi connectivity index (χ0n) is 10.5. The molecule has 0 bridgehead atoms. The lowest BCUT2D eigenvalue weighted by Gasteiger charge is -2.15. The fraction of sp³-hybridized carbons (Fsp3) is 0.545. The van der Waals surface area contributed by atoms with Gasteiger partial charge in [-0.2, -0.15) is 18.3 Å². The molecule has 1 heterocycles. The number of H-pyrrole nitrogens is 1. The number of halogens is 3. The normalized spacial score (nSPS) is 13.2. The van der Waals surface area contributed by atoms with E-state index in [0.29, 0.717) is 6.07 Å². The third-order valence-corrected chi connectivity index (χ3v) is 2.46. The zero-order chi connectivity index (χ0) is 15.3. The molecule has 9 heteroatoms. The van der Waals surface area contributed by atoms with Crippen molar-refractivity contribution in [1.82, 2.24) is 10.2 Å². The van der Waals surface area contributed by atoms with Gasteiger partial charge in [-0.3, -0.25) is 9.59 Å². The number of aliphatic carboxylic acids is 1. The predicted octanol–water partition coefficient (Wildman–Crippen LogP) is 1.73. The molecule has 0 aliphatic carbocycles. The molecule has 0 amide bonds. The largest absolute Gasteiger partial charge is 0.481 e. The van der Waals surface area contributed by atoms with E-state index in [2.05, 4.69) is 5.10 Å². The molecule has 20 heavy (non-hydrogen) atoms. The molecular weight excluding hydrogens is 281 g/mol. The van der Waals surface area contributed by atoms with Crippen molar-refractivity contribution >= 4 is 5.97 Å². The van der Waals surface area contributed by atoms with Gasteiger partial charge in [0.2, 0.25) is 0 Å². The first-order chi connectivity index (χ1) is 9.25. The van der Waals surface area contributed by atoms with Crippen molar-refractivity contribution in [2.75, 3.05) is 6.61 Å². The quantitative estimate of drug-likeness (QED) is 0.833. The summed E-state index contributed by atoms with van der Waals surface area (Å²) in [5.74, 6) is -1.08. The maximum atomic E-state index is 12.6. The van der Waals surface area contributed by atoms with Crippen molar-refractivity contribution in [3.05, 3.63) is 27.7 Å². The molecule has 112 valence electrons. The average Bonchev–Trinajstić information content (AvgIpc) is 2.34. The van der Waals surface area contributed by atoms with Crippen LogP contribution in [0.5, 0.6) is 0 Å². The van der Waals surface area contributed by atoms with Crippen molar-refractivity contribution < 1.29 is 27.8 Å². The number of alkyl halides is 3. The van der Waals surface area contributed by atoms with Crippen molar-refractivity contribution in [1.29, 1.82) is 0 Å². The fourth-order valence-corrected chi connectivity index (χ4v) is 1.50. The number of nitrogens with one attached hydrogen (secondary N) is 1. The number of hydrogen-bond acceptors (Lipinski definition) is 4. The first kappa shape index (κ1) is 16.2. The molecule has 1 atom stereocenters. The molecule has 0 aromatic carbocycles. The Bertz CT molecular complexity index is 527. The van der Waals surface area contributed by atoms with Gasteiger partial charge >= 0.3 is 12.1 Å². The molecule has 1 aromatic rings. The topological polar surface area (TPSA) is 92.3 Å². The van der Waals surface area contributed by atoms with Crippen molar-refractivity contribution in [3.63, 3.8) is 0 Å². The van der Waals surface area contributed by atoms with Gasteiger partial charge in [-0.05, 0) is 12.5 Å². The number of carbonyl (C=O) groups is 1. The molecule has 1 rings (SSSR count). The Hall–Kier alpha value is -1.90. The van der Waals surface area contributed by atoms with Gasteiger partial charge in [0.05, 0.1) is 18.7 Å². The van der Waals surface area contributed by atoms with E-state index in [1.54, 1.807) is 12.0 Å². The summed E-state index contributed by atoms with van der Waals surface area (Å²) < 4.78 is 42.9. The van der Waals surface area contributed by atoms with Gasteiger partial charge in [-0.1, -0.05) is 6.92 Å². The second-order valence-corrected chi connectivity index (χ2v) is 3.94.